The van der Waals surface area contributed by atoms with Crippen LogP contribution in [0.3, 0.4) is 0 Å². The van der Waals surface area contributed by atoms with E-state index in [-0.39, 0.29) is 24.5 Å². The summed E-state index contributed by atoms with van der Waals surface area (Å²) in [5.41, 5.74) is 0.887. The molecule has 2 amide bonds. The molecule has 1 unspecified atom stereocenters. The summed E-state index contributed by atoms with van der Waals surface area (Å²) in [6.45, 7) is 11.0. The van der Waals surface area contributed by atoms with Gasteiger partial charge >= 0.3 is 0 Å². The number of aromatic nitrogens is 1. The third-order valence-electron chi connectivity index (χ3n) is 5.67. The second-order valence-electron chi connectivity index (χ2n) is 8.42. The van der Waals surface area contributed by atoms with E-state index < -0.39 is 29.0 Å². The van der Waals surface area contributed by atoms with Crippen LogP contribution in [-0.4, -0.2) is 61.9 Å². The van der Waals surface area contributed by atoms with Gasteiger partial charge in [-0.15, -0.1) is 23.1 Å². The number of thiazole rings is 1. The van der Waals surface area contributed by atoms with Crippen molar-refractivity contribution < 1.29 is 24.2 Å². The number of ether oxygens (including phenoxy) is 2. The molecule has 0 saturated carbocycles. The lowest BCUT2D eigenvalue weighted by molar-refractivity contribution is -0.182. The number of allylic oxidation sites excluding steroid dienone is 3. The number of fused-ring (bicyclic) bond motifs is 2. The first-order valence-electron chi connectivity index (χ1n) is 10.8. The zero-order valence-electron chi connectivity index (χ0n) is 19.0. The molecule has 4 rings (SSSR count). The normalized spacial score (nSPS) is 24.3. The number of carbonyl (C=O) groups excluding carboxylic acids is 2. The molecule has 2 fully saturated rings. The first-order valence-corrected chi connectivity index (χ1v) is 12.5. The Bertz CT molecular complexity index is 1110. The van der Waals surface area contributed by atoms with E-state index in [0.717, 1.165) is 15.2 Å². The molecule has 1 aromatic carbocycles. The van der Waals surface area contributed by atoms with Gasteiger partial charge in [-0.05, 0) is 38.1 Å². The second kappa shape index (κ2) is 9.91. The van der Waals surface area contributed by atoms with Gasteiger partial charge < -0.3 is 24.8 Å². The summed E-state index contributed by atoms with van der Waals surface area (Å²) in [6, 6.07) is 6.55. The van der Waals surface area contributed by atoms with Crippen molar-refractivity contribution in [1.29, 1.82) is 0 Å². The lowest BCUT2D eigenvalue weighted by atomic mass is 9.95. The molecule has 2 saturated heterocycles. The molecule has 10 heteroatoms. The number of β-lactam (4-membered cyclic amide) rings is 1. The highest BCUT2D eigenvalue weighted by molar-refractivity contribution is 8.01. The number of hydrogen-bond donors (Lipinski definition) is 2. The number of nitrogens with zero attached hydrogens (tertiary/aromatic N) is 2. The number of aliphatic hydroxyl groups excluding tert-OH is 1. The Labute approximate surface area is 206 Å². The molecular weight excluding hydrogens is 474 g/mol. The van der Waals surface area contributed by atoms with Gasteiger partial charge in [0.15, 0.2) is 12.9 Å². The van der Waals surface area contributed by atoms with E-state index >= 15 is 0 Å². The van der Waals surface area contributed by atoms with Crippen molar-refractivity contribution in [1.82, 2.24) is 15.2 Å². The number of rotatable bonds is 10. The Morgan fingerprint density at radius 1 is 1.38 bits per heavy atom. The lowest BCUT2D eigenvalue weighted by Gasteiger charge is -2.45. The standard InChI is InChI=1S/C24H27N3O5S2/c1-5-9-14(6-2)31-12-17(28)26-19-21(29)27-20(24(3,4)34-22(19)27)23(30)32-13-18-25-15-10-7-8-11-16(15)33-18/h5-11,19-20,22-23,30H,1-2,12-13H2,3-4H3,(H,26,28)/b14-9+/t19-,20+,22-,23?/m1/s1. The minimum Gasteiger partial charge on any atom is -0.484 e. The molecule has 2 aliphatic heterocycles. The predicted molar refractivity (Wildman–Crippen MR) is 133 cm³/mol. The van der Waals surface area contributed by atoms with Crippen LogP contribution in [0.5, 0.6) is 0 Å². The molecule has 2 aliphatic rings. The van der Waals surface area contributed by atoms with Crippen molar-refractivity contribution in [2.45, 2.75) is 48.9 Å². The minimum atomic E-state index is -1.19. The van der Waals surface area contributed by atoms with Crippen molar-refractivity contribution in [2.24, 2.45) is 0 Å². The number of nitrogens with one attached hydrogen (secondary N) is 1. The number of amides is 2. The smallest absolute Gasteiger partial charge is 0.258 e. The van der Waals surface area contributed by atoms with Crippen LogP contribution >= 0.6 is 23.1 Å². The summed E-state index contributed by atoms with van der Waals surface area (Å²) in [6.07, 6.45) is 3.40. The zero-order chi connectivity index (χ0) is 24.5. The highest BCUT2D eigenvalue weighted by Gasteiger charge is 2.63. The molecule has 0 aliphatic carbocycles. The fraction of sp³-hybridized carbons (Fsp3) is 0.375. The third kappa shape index (κ3) is 4.76. The zero-order valence-corrected chi connectivity index (χ0v) is 20.6. The van der Waals surface area contributed by atoms with Gasteiger partial charge in [0.05, 0.1) is 16.3 Å². The van der Waals surface area contributed by atoms with Gasteiger partial charge in [0.2, 0.25) is 5.91 Å². The second-order valence-corrected chi connectivity index (χ2v) is 11.3. The maximum atomic E-state index is 12.9. The largest absolute Gasteiger partial charge is 0.484 e. The van der Waals surface area contributed by atoms with Gasteiger partial charge in [0.1, 0.15) is 28.8 Å². The van der Waals surface area contributed by atoms with Crippen molar-refractivity contribution in [3.8, 4) is 0 Å². The van der Waals surface area contributed by atoms with Gasteiger partial charge in [-0.25, -0.2) is 4.98 Å². The van der Waals surface area contributed by atoms with Crippen molar-refractivity contribution in [3.05, 3.63) is 66.4 Å². The molecule has 34 heavy (non-hydrogen) atoms. The van der Waals surface area contributed by atoms with Crippen LogP contribution in [0.15, 0.2) is 61.4 Å². The highest BCUT2D eigenvalue weighted by Crippen LogP contribution is 2.51. The van der Waals surface area contributed by atoms with Gasteiger partial charge in [-0.3, -0.25) is 9.59 Å². The fourth-order valence-corrected chi connectivity index (χ4v) is 6.67. The summed E-state index contributed by atoms with van der Waals surface area (Å²) in [5.74, 6) is -0.254. The average molecular weight is 502 g/mol. The molecule has 0 radical (unpaired) electrons. The van der Waals surface area contributed by atoms with E-state index in [0.29, 0.717) is 5.76 Å². The number of para-hydroxylation sites is 1. The Morgan fingerprint density at radius 3 is 2.85 bits per heavy atom. The van der Waals surface area contributed by atoms with Gasteiger partial charge in [0, 0.05) is 4.75 Å². The average Bonchev–Trinajstić information content (AvgIpc) is 3.34. The lowest BCUT2D eigenvalue weighted by Crippen LogP contribution is -2.71. The van der Waals surface area contributed by atoms with Gasteiger partial charge in [-0.2, -0.15) is 0 Å². The Balaban J connectivity index is 1.35. The number of aliphatic hydroxyl groups is 1. The summed E-state index contributed by atoms with van der Waals surface area (Å²) in [4.78, 5) is 31.4. The first kappa shape index (κ1) is 24.5. The topological polar surface area (TPSA) is 101 Å². The van der Waals surface area contributed by atoms with Gasteiger partial charge in [0.25, 0.3) is 5.91 Å². The van der Waals surface area contributed by atoms with E-state index in [2.05, 4.69) is 23.5 Å². The number of benzene rings is 1. The quantitative estimate of drug-likeness (QED) is 0.223. The molecule has 3 heterocycles. The molecule has 2 N–H and O–H groups in total. The maximum Gasteiger partial charge on any atom is 0.258 e. The van der Waals surface area contributed by atoms with Crippen LogP contribution in [0, 0.1) is 0 Å². The van der Waals surface area contributed by atoms with E-state index in [1.807, 2.05) is 38.1 Å². The molecule has 8 nitrogen and oxygen atoms in total. The van der Waals surface area contributed by atoms with Crippen LogP contribution in [0.4, 0.5) is 0 Å². The van der Waals surface area contributed by atoms with Crippen LogP contribution < -0.4 is 5.32 Å². The van der Waals surface area contributed by atoms with Crippen LogP contribution in [0.1, 0.15) is 18.9 Å². The molecule has 0 spiro atoms. The molecular formula is C24H27N3O5S2. The summed E-state index contributed by atoms with van der Waals surface area (Å²) in [7, 11) is 0. The molecule has 180 valence electrons. The third-order valence-corrected chi connectivity index (χ3v) is 8.27. The number of hydrogen-bond acceptors (Lipinski definition) is 8. The fourth-order valence-electron chi connectivity index (χ4n) is 4.12. The van der Waals surface area contributed by atoms with Crippen molar-refractivity contribution in [2.75, 3.05) is 6.61 Å². The number of carbonyl (C=O) groups is 2. The summed E-state index contributed by atoms with van der Waals surface area (Å²) < 4.78 is 11.7. The molecule has 2 aromatic rings. The van der Waals surface area contributed by atoms with Gasteiger partial charge in [-0.1, -0.05) is 31.4 Å². The molecule has 4 atom stereocenters. The molecule has 1 aromatic heterocycles. The summed E-state index contributed by atoms with van der Waals surface area (Å²) >= 11 is 3.03. The Morgan fingerprint density at radius 2 is 2.15 bits per heavy atom. The van der Waals surface area contributed by atoms with Crippen LogP contribution in [-0.2, 0) is 25.7 Å². The number of thioether (sulfide) groups is 1. The van der Waals surface area contributed by atoms with Crippen LogP contribution in [0.2, 0.25) is 0 Å². The maximum absolute atomic E-state index is 12.9. The van der Waals surface area contributed by atoms with Crippen molar-refractivity contribution >= 4 is 45.1 Å². The van der Waals surface area contributed by atoms with E-state index in [1.54, 1.807) is 11.0 Å². The SMILES string of the molecule is C=C/C=C(\C=C)OCC(=O)N[C@@H]1C(=O)N2[C@@H]1SC(C)(C)[C@@H]2C(O)OCc1nc2ccccc2s1. The predicted octanol–water partition coefficient (Wildman–Crippen LogP) is 2.95. The first-order chi connectivity index (χ1) is 16.2. The van der Waals surface area contributed by atoms with Crippen LogP contribution in [0.25, 0.3) is 10.2 Å². The van der Waals surface area contributed by atoms with E-state index in [1.165, 1.54) is 35.3 Å². The Hall–Kier alpha value is -2.66. The van der Waals surface area contributed by atoms with E-state index in [4.69, 9.17) is 9.47 Å². The minimum absolute atomic E-state index is 0.145. The molecule has 0 bridgehead atoms. The Kier molecular flexibility index (Phi) is 7.13. The monoisotopic (exact) mass is 501 g/mol. The van der Waals surface area contributed by atoms with E-state index in [9.17, 15) is 14.7 Å². The van der Waals surface area contributed by atoms with Crippen molar-refractivity contribution in [3.63, 3.8) is 0 Å². The summed E-state index contributed by atoms with van der Waals surface area (Å²) in [5, 5.41) is 14.1. The highest BCUT2D eigenvalue weighted by atomic mass is 32.2.